The fraction of sp³-hybridized carbons (Fsp3) is 0.136. The quantitative estimate of drug-likeness (QED) is 0.541. The second-order valence-corrected chi connectivity index (χ2v) is 6.70. The summed E-state index contributed by atoms with van der Waals surface area (Å²) in [5, 5.41) is 7.65. The predicted molar refractivity (Wildman–Crippen MR) is 112 cm³/mol. The molecule has 2 aromatic carbocycles. The Kier molecular flexibility index (Phi) is 5.11. The monoisotopic (exact) mass is 387 g/mol. The first-order chi connectivity index (χ1) is 14.1. The molecule has 0 radical (unpaired) electrons. The van der Waals surface area contributed by atoms with Gasteiger partial charge in [-0.25, -0.2) is 0 Å². The van der Waals surface area contributed by atoms with Crippen LogP contribution in [0.3, 0.4) is 0 Å². The maximum Gasteiger partial charge on any atom is 0.281 e. The van der Waals surface area contributed by atoms with E-state index in [9.17, 15) is 4.79 Å². The third-order valence-electron chi connectivity index (χ3n) is 4.47. The molecule has 0 aliphatic carbocycles. The summed E-state index contributed by atoms with van der Waals surface area (Å²) in [4.78, 5) is 19.6. The van der Waals surface area contributed by atoms with Gasteiger partial charge in [-0.2, -0.15) is 9.67 Å². The Morgan fingerprint density at radius 2 is 1.79 bits per heavy atom. The van der Waals surface area contributed by atoms with E-state index in [1.54, 1.807) is 30.5 Å². The van der Waals surface area contributed by atoms with Crippen molar-refractivity contribution in [3.63, 3.8) is 0 Å². The van der Waals surface area contributed by atoms with E-state index in [0.29, 0.717) is 29.6 Å². The highest BCUT2D eigenvalue weighted by atomic mass is 16.3. The van der Waals surface area contributed by atoms with Gasteiger partial charge < -0.3 is 14.6 Å². The van der Waals surface area contributed by atoms with E-state index < -0.39 is 0 Å². The van der Waals surface area contributed by atoms with Gasteiger partial charge in [0.15, 0.2) is 5.76 Å². The number of furan rings is 1. The third-order valence-corrected chi connectivity index (χ3v) is 4.47. The Morgan fingerprint density at radius 3 is 2.52 bits per heavy atom. The lowest BCUT2D eigenvalue weighted by molar-refractivity contribution is 0.0947. The van der Waals surface area contributed by atoms with Crippen LogP contribution in [0.25, 0.3) is 11.6 Å². The van der Waals surface area contributed by atoms with Gasteiger partial charge in [0.05, 0.1) is 6.26 Å². The SMILES string of the molecule is CN(C)c1ccccc1CNc1nc(-c2ccco2)nn1C(=O)c1ccccc1. The molecule has 1 N–H and O–H groups in total. The number of nitrogens with zero attached hydrogens (tertiary/aromatic N) is 4. The van der Waals surface area contributed by atoms with Crippen LogP contribution in [-0.2, 0) is 6.54 Å². The van der Waals surface area contributed by atoms with E-state index in [0.717, 1.165) is 11.3 Å². The van der Waals surface area contributed by atoms with Crippen LogP contribution in [0.5, 0.6) is 0 Å². The van der Waals surface area contributed by atoms with Crippen molar-refractivity contribution in [2.75, 3.05) is 24.3 Å². The Balaban J connectivity index is 1.68. The van der Waals surface area contributed by atoms with Gasteiger partial charge in [0, 0.05) is 31.9 Å². The minimum Gasteiger partial charge on any atom is -0.461 e. The van der Waals surface area contributed by atoms with Crippen molar-refractivity contribution in [1.82, 2.24) is 14.8 Å². The number of benzene rings is 2. The Labute approximate surface area is 168 Å². The Morgan fingerprint density at radius 1 is 1.03 bits per heavy atom. The molecule has 29 heavy (non-hydrogen) atoms. The normalized spacial score (nSPS) is 10.7. The van der Waals surface area contributed by atoms with Crippen LogP contribution in [0.1, 0.15) is 15.9 Å². The highest BCUT2D eigenvalue weighted by Gasteiger charge is 2.20. The third kappa shape index (κ3) is 3.89. The molecule has 4 aromatic rings. The van der Waals surface area contributed by atoms with E-state index >= 15 is 0 Å². The maximum absolute atomic E-state index is 13.0. The summed E-state index contributed by atoms with van der Waals surface area (Å²) < 4.78 is 6.69. The lowest BCUT2D eigenvalue weighted by atomic mass is 10.1. The minimum atomic E-state index is -0.265. The first-order valence-electron chi connectivity index (χ1n) is 9.23. The van der Waals surface area contributed by atoms with Gasteiger partial charge in [0.25, 0.3) is 5.91 Å². The fourth-order valence-corrected chi connectivity index (χ4v) is 3.05. The molecule has 0 aliphatic rings. The van der Waals surface area contributed by atoms with Gasteiger partial charge in [-0.15, -0.1) is 5.10 Å². The molecular weight excluding hydrogens is 366 g/mol. The molecule has 146 valence electrons. The molecule has 0 spiro atoms. The molecule has 2 aromatic heterocycles. The van der Waals surface area contributed by atoms with Gasteiger partial charge >= 0.3 is 0 Å². The second-order valence-electron chi connectivity index (χ2n) is 6.70. The summed E-state index contributed by atoms with van der Waals surface area (Å²) in [5.41, 5.74) is 2.70. The van der Waals surface area contributed by atoms with Crippen LogP contribution in [0.15, 0.2) is 77.4 Å². The van der Waals surface area contributed by atoms with E-state index in [2.05, 4.69) is 15.4 Å². The molecule has 7 nitrogen and oxygen atoms in total. The largest absolute Gasteiger partial charge is 0.461 e. The van der Waals surface area contributed by atoms with Crippen LogP contribution in [0.4, 0.5) is 11.6 Å². The van der Waals surface area contributed by atoms with Gasteiger partial charge in [-0.1, -0.05) is 36.4 Å². The fourth-order valence-electron chi connectivity index (χ4n) is 3.05. The number of nitrogens with one attached hydrogen (secondary N) is 1. The average molecular weight is 387 g/mol. The van der Waals surface area contributed by atoms with E-state index in [1.165, 1.54) is 4.68 Å². The van der Waals surface area contributed by atoms with Crippen molar-refractivity contribution in [2.24, 2.45) is 0 Å². The van der Waals surface area contributed by atoms with Gasteiger partial charge in [-0.05, 0) is 35.9 Å². The number of hydrogen-bond donors (Lipinski definition) is 1. The number of rotatable bonds is 6. The molecule has 0 saturated heterocycles. The van der Waals surface area contributed by atoms with Crippen molar-refractivity contribution >= 4 is 17.5 Å². The number of hydrogen-bond acceptors (Lipinski definition) is 6. The molecule has 0 unspecified atom stereocenters. The molecule has 0 atom stereocenters. The molecule has 7 heteroatoms. The van der Waals surface area contributed by atoms with Gasteiger partial charge in [0.2, 0.25) is 11.8 Å². The van der Waals surface area contributed by atoms with Gasteiger partial charge in [-0.3, -0.25) is 4.79 Å². The van der Waals surface area contributed by atoms with Crippen LogP contribution < -0.4 is 10.2 Å². The van der Waals surface area contributed by atoms with Crippen molar-refractivity contribution in [3.05, 3.63) is 84.1 Å². The molecular formula is C22H21N5O2. The molecule has 0 saturated carbocycles. The smallest absolute Gasteiger partial charge is 0.281 e. The van der Waals surface area contributed by atoms with Crippen molar-refractivity contribution in [1.29, 1.82) is 0 Å². The predicted octanol–water partition coefficient (Wildman–Crippen LogP) is 3.90. The van der Waals surface area contributed by atoms with E-state index in [1.807, 2.05) is 61.5 Å². The lowest BCUT2D eigenvalue weighted by Gasteiger charge is -2.17. The van der Waals surface area contributed by atoms with Crippen LogP contribution in [-0.4, -0.2) is 34.8 Å². The molecule has 0 bridgehead atoms. The van der Waals surface area contributed by atoms with Crippen LogP contribution >= 0.6 is 0 Å². The summed E-state index contributed by atoms with van der Waals surface area (Å²) in [6.07, 6.45) is 1.55. The highest BCUT2D eigenvalue weighted by molar-refractivity contribution is 5.97. The number of carbonyl (C=O) groups excluding carboxylic acids is 1. The van der Waals surface area contributed by atoms with Crippen LogP contribution in [0.2, 0.25) is 0 Å². The molecule has 0 aliphatic heterocycles. The number of aromatic nitrogens is 3. The first-order valence-corrected chi connectivity index (χ1v) is 9.23. The zero-order chi connectivity index (χ0) is 20.2. The topological polar surface area (TPSA) is 76.2 Å². The summed E-state index contributed by atoms with van der Waals surface area (Å²) in [6, 6.07) is 20.6. The van der Waals surface area contributed by atoms with Crippen molar-refractivity contribution < 1.29 is 9.21 Å². The van der Waals surface area contributed by atoms with Crippen molar-refractivity contribution in [3.8, 4) is 11.6 Å². The summed E-state index contributed by atoms with van der Waals surface area (Å²) in [7, 11) is 3.99. The number of carbonyl (C=O) groups is 1. The zero-order valence-corrected chi connectivity index (χ0v) is 16.2. The number of para-hydroxylation sites is 1. The molecule has 4 rings (SSSR count). The molecule has 2 heterocycles. The highest BCUT2D eigenvalue weighted by Crippen LogP contribution is 2.22. The maximum atomic E-state index is 13.0. The Bertz CT molecular complexity index is 1100. The first kappa shape index (κ1) is 18.5. The average Bonchev–Trinajstić information content (AvgIpc) is 3.42. The Hall–Kier alpha value is -3.87. The second kappa shape index (κ2) is 8.02. The molecule has 0 fully saturated rings. The summed E-state index contributed by atoms with van der Waals surface area (Å²) in [6.45, 7) is 0.493. The van der Waals surface area contributed by atoms with Crippen molar-refractivity contribution in [2.45, 2.75) is 6.54 Å². The van der Waals surface area contributed by atoms with Crippen LogP contribution in [0, 0.1) is 0 Å². The standard InChI is InChI=1S/C22H21N5O2/c1-26(2)18-12-7-6-11-17(18)15-23-22-24-20(19-13-8-14-29-19)25-27(22)21(28)16-9-4-3-5-10-16/h3-14H,15H2,1-2H3,(H,23,24,25). The molecule has 0 amide bonds. The zero-order valence-electron chi connectivity index (χ0n) is 16.2. The van der Waals surface area contributed by atoms with Gasteiger partial charge in [0.1, 0.15) is 0 Å². The number of anilines is 2. The van der Waals surface area contributed by atoms with E-state index in [-0.39, 0.29) is 5.91 Å². The summed E-state index contributed by atoms with van der Waals surface area (Å²) in [5.74, 6) is 0.946. The lowest BCUT2D eigenvalue weighted by Crippen LogP contribution is -2.18. The minimum absolute atomic E-state index is 0.265. The van der Waals surface area contributed by atoms with E-state index in [4.69, 9.17) is 4.42 Å². The summed E-state index contributed by atoms with van der Waals surface area (Å²) >= 11 is 0.